The number of pyridine rings is 1. The molecule has 1 aromatic carbocycles. The molecule has 22 heavy (non-hydrogen) atoms. The van der Waals surface area contributed by atoms with Crippen molar-refractivity contribution in [3.63, 3.8) is 0 Å². The van der Waals surface area contributed by atoms with Gasteiger partial charge in [-0.3, -0.25) is 9.78 Å². The Labute approximate surface area is 131 Å². The van der Waals surface area contributed by atoms with Crippen molar-refractivity contribution in [2.24, 2.45) is 0 Å². The maximum Gasteiger partial charge on any atom is 0.254 e. The summed E-state index contributed by atoms with van der Waals surface area (Å²) in [6, 6.07) is 10.0. The third-order valence-electron chi connectivity index (χ3n) is 4.41. The smallest absolute Gasteiger partial charge is 0.254 e. The zero-order valence-electron chi connectivity index (χ0n) is 13.2. The molecule has 0 N–H and O–H groups in total. The van der Waals surface area contributed by atoms with Crippen LogP contribution in [0.4, 0.5) is 0 Å². The van der Waals surface area contributed by atoms with E-state index in [-0.39, 0.29) is 5.91 Å². The summed E-state index contributed by atoms with van der Waals surface area (Å²) in [5, 5.41) is 1.10. The number of nitrogens with zero attached hydrogens (tertiary/aromatic N) is 2. The highest BCUT2D eigenvalue weighted by molar-refractivity contribution is 5.86. The number of carbonyl (C=O) groups excluding carboxylic acids is 1. The van der Waals surface area contributed by atoms with Gasteiger partial charge in [-0.2, -0.15) is 0 Å². The molecule has 1 aliphatic rings. The van der Waals surface area contributed by atoms with Crippen molar-refractivity contribution in [3.8, 4) is 0 Å². The first-order valence-electron chi connectivity index (χ1n) is 7.82. The van der Waals surface area contributed by atoms with Crippen LogP contribution in [0.2, 0.25) is 0 Å². The molecule has 1 atom stereocenters. The average Bonchev–Trinajstić information content (AvgIpc) is 2.55. The maximum absolute atomic E-state index is 12.7. The summed E-state index contributed by atoms with van der Waals surface area (Å²) in [6.07, 6.45) is 4.68. The summed E-state index contributed by atoms with van der Waals surface area (Å²) in [6.45, 7) is 3.16. The molecule has 0 aliphatic carbocycles. The third kappa shape index (κ3) is 2.83. The van der Waals surface area contributed by atoms with E-state index in [2.05, 4.69) is 17.1 Å². The number of aromatic nitrogens is 1. The lowest BCUT2D eigenvalue weighted by atomic mass is 9.94. The predicted octanol–water partition coefficient (Wildman–Crippen LogP) is 3.15. The van der Waals surface area contributed by atoms with Crippen molar-refractivity contribution >= 4 is 16.8 Å². The SMILES string of the molecule is CN(Cc1cccc2ncccc12)C(=O)[C@@]1(C)CCCCO1. The van der Waals surface area contributed by atoms with E-state index in [0.717, 1.165) is 35.7 Å². The second kappa shape index (κ2) is 6.05. The molecular weight excluding hydrogens is 276 g/mol. The minimum atomic E-state index is -0.671. The molecule has 1 fully saturated rings. The van der Waals surface area contributed by atoms with Crippen LogP contribution in [0.5, 0.6) is 0 Å². The Hall–Kier alpha value is -1.94. The van der Waals surface area contributed by atoms with E-state index in [9.17, 15) is 4.79 Å². The average molecular weight is 298 g/mol. The number of rotatable bonds is 3. The zero-order chi connectivity index (χ0) is 15.6. The van der Waals surface area contributed by atoms with Crippen molar-refractivity contribution in [1.29, 1.82) is 0 Å². The van der Waals surface area contributed by atoms with Crippen LogP contribution in [-0.4, -0.2) is 35.0 Å². The van der Waals surface area contributed by atoms with Crippen LogP contribution in [-0.2, 0) is 16.1 Å². The van der Waals surface area contributed by atoms with Crippen LogP contribution in [0.1, 0.15) is 31.7 Å². The van der Waals surface area contributed by atoms with Gasteiger partial charge >= 0.3 is 0 Å². The number of carbonyl (C=O) groups is 1. The second-order valence-corrected chi connectivity index (χ2v) is 6.18. The lowest BCUT2D eigenvalue weighted by Gasteiger charge is -2.35. The number of ether oxygens (including phenoxy) is 1. The van der Waals surface area contributed by atoms with Crippen LogP contribution in [0.25, 0.3) is 10.9 Å². The lowest BCUT2D eigenvalue weighted by Crippen LogP contribution is -2.48. The van der Waals surface area contributed by atoms with E-state index in [1.165, 1.54) is 0 Å². The van der Waals surface area contributed by atoms with Gasteiger partial charge in [0.2, 0.25) is 0 Å². The monoisotopic (exact) mass is 298 g/mol. The Morgan fingerprint density at radius 3 is 2.95 bits per heavy atom. The van der Waals surface area contributed by atoms with Crippen LogP contribution in [0.3, 0.4) is 0 Å². The quantitative estimate of drug-likeness (QED) is 0.874. The fraction of sp³-hybridized carbons (Fsp3) is 0.444. The van der Waals surface area contributed by atoms with Gasteiger partial charge in [-0.1, -0.05) is 18.2 Å². The van der Waals surface area contributed by atoms with Crippen molar-refractivity contribution in [2.75, 3.05) is 13.7 Å². The fourth-order valence-electron chi connectivity index (χ4n) is 3.14. The molecule has 0 saturated carbocycles. The molecule has 1 amide bonds. The van der Waals surface area contributed by atoms with E-state index >= 15 is 0 Å². The molecule has 0 bridgehead atoms. The largest absolute Gasteiger partial charge is 0.365 e. The maximum atomic E-state index is 12.7. The molecule has 1 saturated heterocycles. The first-order valence-corrected chi connectivity index (χ1v) is 7.82. The van der Waals surface area contributed by atoms with Gasteiger partial charge < -0.3 is 9.64 Å². The first-order chi connectivity index (χ1) is 10.6. The molecule has 4 heteroatoms. The van der Waals surface area contributed by atoms with E-state index in [1.54, 1.807) is 11.1 Å². The normalized spacial score (nSPS) is 21.7. The van der Waals surface area contributed by atoms with Gasteiger partial charge in [0.15, 0.2) is 0 Å². The summed E-state index contributed by atoms with van der Waals surface area (Å²) in [5.74, 6) is 0.0630. The number of hydrogen-bond donors (Lipinski definition) is 0. The summed E-state index contributed by atoms with van der Waals surface area (Å²) >= 11 is 0. The molecule has 0 spiro atoms. The van der Waals surface area contributed by atoms with Gasteiger partial charge in [-0.05, 0) is 43.9 Å². The highest BCUT2D eigenvalue weighted by atomic mass is 16.5. The lowest BCUT2D eigenvalue weighted by molar-refractivity contribution is -0.161. The topological polar surface area (TPSA) is 42.4 Å². The van der Waals surface area contributed by atoms with E-state index < -0.39 is 5.60 Å². The Morgan fingerprint density at radius 1 is 1.32 bits per heavy atom. The van der Waals surface area contributed by atoms with Gasteiger partial charge in [0.25, 0.3) is 5.91 Å². The van der Waals surface area contributed by atoms with Gasteiger partial charge in [-0.15, -0.1) is 0 Å². The van der Waals surface area contributed by atoms with Crippen LogP contribution < -0.4 is 0 Å². The Bertz CT molecular complexity index is 672. The molecule has 2 aromatic rings. The van der Waals surface area contributed by atoms with E-state index in [4.69, 9.17) is 4.74 Å². The molecule has 4 nitrogen and oxygen atoms in total. The van der Waals surface area contributed by atoms with Crippen LogP contribution in [0.15, 0.2) is 36.5 Å². The Morgan fingerprint density at radius 2 is 2.18 bits per heavy atom. The molecule has 1 aliphatic heterocycles. The van der Waals surface area contributed by atoms with Gasteiger partial charge in [-0.25, -0.2) is 0 Å². The number of hydrogen-bond acceptors (Lipinski definition) is 3. The highest BCUT2D eigenvalue weighted by Gasteiger charge is 2.38. The molecule has 3 rings (SSSR count). The molecule has 0 radical (unpaired) electrons. The molecule has 0 unspecified atom stereocenters. The Balaban J connectivity index is 1.81. The van der Waals surface area contributed by atoms with Crippen LogP contribution in [0, 0.1) is 0 Å². The van der Waals surface area contributed by atoms with Gasteiger partial charge in [0, 0.05) is 31.8 Å². The number of amides is 1. The highest BCUT2D eigenvalue weighted by Crippen LogP contribution is 2.27. The van der Waals surface area contributed by atoms with E-state index in [1.807, 2.05) is 32.2 Å². The number of fused-ring (bicyclic) bond motifs is 1. The van der Waals surface area contributed by atoms with E-state index in [0.29, 0.717) is 13.2 Å². The van der Waals surface area contributed by atoms with Crippen molar-refractivity contribution in [2.45, 2.75) is 38.3 Å². The van der Waals surface area contributed by atoms with Gasteiger partial charge in [0.05, 0.1) is 5.52 Å². The number of likely N-dealkylation sites (N-methyl/N-ethyl adjacent to an activating group) is 1. The Kier molecular flexibility index (Phi) is 4.12. The molecule has 2 heterocycles. The minimum absolute atomic E-state index is 0.0630. The first kappa shape index (κ1) is 15.0. The molecule has 1 aromatic heterocycles. The summed E-state index contributed by atoms with van der Waals surface area (Å²) in [7, 11) is 1.85. The summed E-state index contributed by atoms with van der Waals surface area (Å²) in [4.78, 5) is 18.9. The predicted molar refractivity (Wildman–Crippen MR) is 86.4 cm³/mol. The molecular formula is C18H22N2O2. The standard InChI is InChI=1S/C18H22N2O2/c1-18(10-3-4-12-22-18)17(21)20(2)13-14-7-5-9-16-15(14)8-6-11-19-16/h5-9,11H,3-4,10,12-13H2,1-2H3/t18-/m1/s1. The second-order valence-electron chi connectivity index (χ2n) is 6.18. The minimum Gasteiger partial charge on any atom is -0.365 e. The number of benzene rings is 1. The molecule has 116 valence electrons. The summed E-state index contributed by atoms with van der Waals surface area (Å²) < 4.78 is 5.77. The van der Waals surface area contributed by atoms with Gasteiger partial charge in [0.1, 0.15) is 5.60 Å². The zero-order valence-corrected chi connectivity index (χ0v) is 13.2. The van der Waals surface area contributed by atoms with Crippen LogP contribution >= 0.6 is 0 Å². The summed E-state index contributed by atoms with van der Waals surface area (Å²) in [5.41, 5.74) is 1.40. The van der Waals surface area contributed by atoms with Crippen molar-refractivity contribution in [3.05, 3.63) is 42.1 Å². The fourth-order valence-corrected chi connectivity index (χ4v) is 3.14. The third-order valence-corrected chi connectivity index (χ3v) is 4.41. The van der Waals surface area contributed by atoms with Crippen molar-refractivity contribution < 1.29 is 9.53 Å². The van der Waals surface area contributed by atoms with Crippen molar-refractivity contribution in [1.82, 2.24) is 9.88 Å².